The minimum absolute atomic E-state index is 1.16. The van der Waals surface area contributed by atoms with Crippen LogP contribution < -0.4 is 5.19 Å². The standard InChI is InChI=1S/C9H14O2Si/c1-10-12(3,11-2)9-7-5-4-6-8-9/h4-8H,1-3H3. The maximum atomic E-state index is 5.39. The second-order valence-corrected chi connectivity index (χ2v) is 6.01. The third-order valence-corrected chi connectivity index (χ3v) is 5.02. The summed E-state index contributed by atoms with van der Waals surface area (Å²) in [6.07, 6.45) is 0. The van der Waals surface area contributed by atoms with Crippen molar-refractivity contribution >= 4 is 13.7 Å². The van der Waals surface area contributed by atoms with E-state index in [1.54, 1.807) is 14.2 Å². The second kappa shape index (κ2) is 3.84. The third-order valence-electron chi connectivity index (χ3n) is 2.08. The molecule has 0 unspecified atom stereocenters. The van der Waals surface area contributed by atoms with Crippen molar-refractivity contribution in [2.24, 2.45) is 0 Å². The molecule has 0 aliphatic rings. The summed E-state index contributed by atoms with van der Waals surface area (Å²) in [5.74, 6) is 0. The zero-order valence-corrected chi connectivity index (χ0v) is 8.70. The lowest BCUT2D eigenvalue weighted by Crippen LogP contribution is -2.49. The molecule has 66 valence electrons. The Labute approximate surface area is 74.4 Å². The van der Waals surface area contributed by atoms with E-state index in [2.05, 4.69) is 0 Å². The van der Waals surface area contributed by atoms with Crippen LogP contribution in [0, 0.1) is 0 Å². The Morgan fingerprint density at radius 1 is 1.00 bits per heavy atom. The van der Waals surface area contributed by atoms with Gasteiger partial charge < -0.3 is 8.85 Å². The first-order chi connectivity index (χ1) is 5.73. The van der Waals surface area contributed by atoms with Crippen LogP contribution in [-0.2, 0) is 8.85 Å². The van der Waals surface area contributed by atoms with Gasteiger partial charge in [-0.25, -0.2) is 0 Å². The number of benzene rings is 1. The van der Waals surface area contributed by atoms with Crippen molar-refractivity contribution in [2.75, 3.05) is 14.2 Å². The third kappa shape index (κ3) is 1.74. The Morgan fingerprint density at radius 2 is 1.50 bits per heavy atom. The van der Waals surface area contributed by atoms with Crippen molar-refractivity contribution < 1.29 is 8.85 Å². The predicted molar refractivity (Wildman–Crippen MR) is 51.7 cm³/mol. The maximum Gasteiger partial charge on any atom is 0.368 e. The highest BCUT2D eigenvalue weighted by Gasteiger charge is 2.30. The van der Waals surface area contributed by atoms with E-state index < -0.39 is 8.56 Å². The van der Waals surface area contributed by atoms with Gasteiger partial charge in [0.05, 0.1) is 0 Å². The lowest BCUT2D eigenvalue weighted by atomic mass is 10.4. The summed E-state index contributed by atoms with van der Waals surface area (Å²) in [7, 11) is 1.32. The molecule has 0 spiro atoms. The minimum atomic E-state index is -2.07. The summed E-state index contributed by atoms with van der Waals surface area (Å²) in [5.41, 5.74) is 0. The molecule has 2 nitrogen and oxygen atoms in total. The Morgan fingerprint density at radius 3 is 1.92 bits per heavy atom. The highest BCUT2D eigenvalue weighted by molar-refractivity contribution is 6.79. The van der Waals surface area contributed by atoms with E-state index in [1.165, 1.54) is 0 Å². The molecular formula is C9H14O2Si. The molecule has 0 bridgehead atoms. The van der Waals surface area contributed by atoms with Gasteiger partial charge in [0.2, 0.25) is 0 Å². The molecule has 1 aromatic rings. The quantitative estimate of drug-likeness (QED) is 0.655. The Balaban J connectivity index is 2.95. The molecule has 0 aliphatic heterocycles. The van der Waals surface area contributed by atoms with Crippen LogP contribution in [0.5, 0.6) is 0 Å². The second-order valence-electron chi connectivity index (χ2n) is 2.72. The summed E-state index contributed by atoms with van der Waals surface area (Å²) >= 11 is 0. The molecule has 0 N–H and O–H groups in total. The Bertz CT molecular complexity index is 232. The van der Waals surface area contributed by atoms with Gasteiger partial charge >= 0.3 is 8.56 Å². The highest BCUT2D eigenvalue weighted by Crippen LogP contribution is 2.04. The van der Waals surface area contributed by atoms with E-state index in [0.717, 1.165) is 5.19 Å². The molecule has 0 saturated heterocycles. The first-order valence-corrected chi connectivity index (χ1v) is 6.20. The van der Waals surface area contributed by atoms with Crippen molar-refractivity contribution in [2.45, 2.75) is 6.55 Å². The summed E-state index contributed by atoms with van der Waals surface area (Å²) in [4.78, 5) is 0. The van der Waals surface area contributed by atoms with Gasteiger partial charge in [-0.15, -0.1) is 0 Å². The van der Waals surface area contributed by atoms with Crippen molar-refractivity contribution in [3.63, 3.8) is 0 Å². The van der Waals surface area contributed by atoms with Gasteiger partial charge in [-0.3, -0.25) is 0 Å². The maximum absolute atomic E-state index is 5.39. The van der Waals surface area contributed by atoms with E-state index in [-0.39, 0.29) is 0 Å². The van der Waals surface area contributed by atoms with Crippen LogP contribution >= 0.6 is 0 Å². The molecule has 1 aromatic carbocycles. The van der Waals surface area contributed by atoms with Crippen LogP contribution in [0.25, 0.3) is 0 Å². The first-order valence-electron chi connectivity index (χ1n) is 3.89. The van der Waals surface area contributed by atoms with Crippen LogP contribution in [0.15, 0.2) is 30.3 Å². The van der Waals surface area contributed by atoms with Gasteiger partial charge in [0.25, 0.3) is 0 Å². The van der Waals surface area contributed by atoms with E-state index >= 15 is 0 Å². The van der Waals surface area contributed by atoms with Crippen LogP contribution in [0.2, 0.25) is 6.55 Å². The van der Waals surface area contributed by atoms with Gasteiger partial charge in [-0.05, 0) is 11.7 Å². The molecular weight excluding hydrogens is 168 g/mol. The fourth-order valence-electron chi connectivity index (χ4n) is 1.06. The monoisotopic (exact) mass is 182 g/mol. The molecule has 1 rings (SSSR count). The van der Waals surface area contributed by atoms with Crippen molar-refractivity contribution in [1.82, 2.24) is 0 Å². The fraction of sp³-hybridized carbons (Fsp3) is 0.333. The van der Waals surface area contributed by atoms with Crippen LogP contribution in [0.3, 0.4) is 0 Å². The molecule has 0 radical (unpaired) electrons. The van der Waals surface area contributed by atoms with Crippen molar-refractivity contribution in [1.29, 1.82) is 0 Å². The summed E-state index contributed by atoms with van der Waals surface area (Å²) in [6.45, 7) is 2.03. The number of hydrogen-bond donors (Lipinski definition) is 0. The SMILES string of the molecule is CO[Si](C)(OC)c1ccccc1. The lowest BCUT2D eigenvalue weighted by Gasteiger charge is -2.22. The zero-order chi connectivity index (χ0) is 9.03. The highest BCUT2D eigenvalue weighted by atomic mass is 28.4. The first kappa shape index (κ1) is 9.44. The average molecular weight is 182 g/mol. The van der Waals surface area contributed by atoms with E-state index in [1.807, 2.05) is 36.9 Å². The normalized spacial score (nSPS) is 11.6. The molecule has 0 fully saturated rings. The summed E-state index contributed by atoms with van der Waals surface area (Å²) < 4.78 is 10.8. The molecule has 0 saturated carbocycles. The summed E-state index contributed by atoms with van der Waals surface area (Å²) in [5, 5.41) is 1.16. The van der Waals surface area contributed by atoms with E-state index in [4.69, 9.17) is 8.85 Å². The molecule has 3 heteroatoms. The molecule has 0 amide bonds. The molecule has 0 atom stereocenters. The van der Waals surface area contributed by atoms with E-state index in [0.29, 0.717) is 0 Å². The Kier molecular flexibility index (Phi) is 3.03. The lowest BCUT2D eigenvalue weighted by molar-refractivity contribution is 0.265. The van der Waals surface area contributed by atoms with Gasteiger partial charge in [-0.2, -0.15) is 0 Å². The largest absolute Gasteiger partial charge is 0.394 e. The van der Waals surface area contributed by atoms with Gasteiger partial charge in [0.1, 0.15) is 0 Å². The number of hydrogen-bond acceptors (Lipinski definition) is 2. The van der Waals surface area contributed by atoms with Gasteiger partial charge in [-0.1, -0.05) is 30.3 Å². The predicted octanol–water partition coefficient (Wildman–Crippen LogP) is 1.26. The molecule has 0 heterocycles. The zero-order valence-electron chi connectivity index (χ0n) is 7.70. The fourth-order valence-corrected chi connectivity index (χ4v) is 2.50. The van der Waals surface area contributed by atoms with Crippen molar-refractivity contribution in [3.05, 3.63) is 30.3 Å². The molecule has 12 heavy (non-hydrogen) atoms. The molecule has 0 aromatic heterocycles. The van der Waals surface area contributed by atoms with Gasteiger partial charge in [0, 0.05) is 14.2 Å². The molecule has 0 aliphatic carbocycles. The smallest absolute Gasteiger partial charge is 0.368 e. The summed E-state index contributed by atoms with van der Waals surface area (Å²) in [6, 6.07) is 10.1. The van der Waals surface area contributed by atoms with Gasteiger partial charge in [0.15, 0.2) is 0 Å². The minimum Gasteiger partial charge on any atom is -0.394 e. The van der Waals surface area contributed by atoms with Crippen LogP contribution in [-0.4, -0.2) is 22.8 Å². The van der Waals surface area contributed by atoms with Crippen LogP contribution in [0.1, 0.15) is 0 Å². The Hall–Kier alpha value is -0.643. The van der Waals surface area contributed by atoms with E-state index in [9.17, 15) is 0 Å². The number of rotatable bonds is 3. The van der Waals surface area contributed by atoms with Crippen molar-refractivity contribution in [3.8, 4) is 0 Å². The van der Waals surface area contributed by atoms with Crippen LogP contribution in [0.4, 0.5) is 0 Å². The average Bonchev–Trinajstić information content (AvgIpc) is 2.18. The topological polar surface area (TPSA) is 18.5 Å².